The molecule has 2 amide bonds. The Morgan fingerprint density at radius 2 is 2.11 bits per heavy atom. The van der Waals surface area contributed by atoms with Gasteiger partial charge in [-0.1, -0.05) is 24.9 Å². The van der Waals surface area contributed by atoms with Crippen molar-refractivity contribution in [3.63, 3.8) is 0 Å². The molecule has 1 aromatic rings. The minimum atomic E-state index is -0.579. The number of halogens is 1. The fraction of sp³-hybridized carbons (Fsp3) is 0.385. The highest BCUT2D eigenvalue weighted by Crippen LogP contribution is 2.23. The van der Waals surface area contributed by atoms with E-state index in [1.165, 1.54) is 13.1 Å². The summed E-state index contributed by atoms with van der Waals surface area (Å²) in [6.45, 7) is 1.95. The van der Waals surface area contributed by atoms with Crippen LogP contribution in [0.2, 0.25) is 5.02 Å². The van der Waals surface area contributed by atoms with E-state index < -0.39 is 6.04 Å². The topological polar surface area (TPSA) is 84.2 Å². The highest BCUT2D eigenvalue weighted by molar-refractivity contribution is 6.34. The number of anilines is 1. The Kier molecular flexibility index (Phi) is 5.79. The van der Waals surface area contributed by atoms with Gasteiger partial charge in [0.2, 0.25) is 5.91 Å². The molecule has 1 atom stereocenters. The first kappa shape index (κ1) is 15.5. The second-order valence-electron chi connectivity index (χ2n) is 4.16. The molecule has 1 aromatic carbocycles. The lowest BCUT2D eigenvalue weighted by atomic mass is 10.1. The van der Waals surface area contributed by atoms with Crippen molar-refractivity contribution in [2.45, 2.75) is 25.8 Å². The highest BCUT2D eigenvalue weighted by Gasteiger charge is 2.15. The summed E-state index contributed by atoms with van der Waals surface area (Å²) in [5, 5.41) is 5.51. The molecule has 0 fully saturated rings. The van der Waals surface area contributed by atoms with Gasteiger partial charge in [0.05, 0.1) is 16.8 Å². The smallest absolute Gasteiger partial charge is 0.251 e. The summed E-state index contributed by atoms with van der Waals surface area (Å²) in [5.74, 6) is -0.553. The van der Waals surface area contributed by atoms with Gasteiger partial charge in [-0.25, -0.2) is 0 Å². The molecular weight excluding hydrogens is 266 g/mol. The van der Waals surface area contributed by atoms with Crippen molar-refractivity contribution < 1.29 is 9.59 Å². The minimum absolute atomic E-state index is 0.245. The fourth-order valence-electron chi connectivity index (χ4n) is 1.57. The Morgan fingerprint density at radius 1 is 1.42 bits per heavy atom. The Hall–Kier alpha value is -1.59. The molecule has 5 nitrogen and oxygen atoms in total. The van der Waals surface area contributed by atoms with Crippen molar-refractivity contribution in [2.24, 2.45) is 5.73 Å². The van der Waals surface area contributed by atoms with E-state index >= 15 is 0 Å². The second-order valence-corrected chi connectivity index (χ2v) is 4.57. The third kappa shape index (κ3) is 4.22. The Morgan fingerprint density at radius 3 is 2.68 bits per heavy atom. The SMILES string of the molecule is CCC[C@@H](N)C(=O)Nc1cc(C(=O)NC)ccc1Cl. The zero-order valence-electron chi connectivity index (χ0n) is 11.0. The average molecular weight is 284 g/mol. The number of amides is 2. The van der Waals surface area contributed by atoms with Gasteiger partial charge in [-0.3, -0.25) is 9.59 Å². The van der Waals surface area contributed by atoms with Crippen LogP contribution in [-0.4, -0.2) is 24.9 Å². The first-order valence-electron chi connectivity index (χ1n) is 6.07. The molecule has 0 aliphatic carbocycles. The van der Waals surface area contributed by atoms with Crippen LogP contribution < -0.4 is 16.4 Å². The quantitative estimate of drug-likeness (QED) is 0.770. The van der Waals surface area contributed by atoms with E-state index in [1.807, 2.05) is 6.92 Å². The average Bonchev–Trinajstić information content (AvgIpc) is 2.40. The lowest BCUT2D eigenvalue weighted by Crippen LogP contribution is -2.35. The van der Waals surface area contributed by atoms with Crippen LogP contribution in [-0.2, 0) is 4.79 Å². The third-order valence-corrected chi connectivity index (χ3v) is 2.98. The molecule has 0 saturated heterocycles. The molecule has 0 saturated carbocycles. The van der Waals surface area contributed by atoms with Crippen molar-refractivity contribution in [3.05, 3.63) is 28.8 Å². The van der Waals surface area contributed by atoms with Gasteiger partial charge in [-0.15, -0.1) is 0 Å². The number of rotatable bonds is 5. The van der Waals surface area contributed by atoms with Gasteiger partial charge in [0, 0.05) is 12.6 Å². The molecule has 0 aliphatic heterocycles. The number of hydrogen-bond acceptors (Lipinski definition) is 3. The van der Waals surface area contributed by atoms with Crippen molar-refractivity contribution >= 4 is 29.1 Å². The predicted octanol–water partition coefficient (Wildman–Crippen LogP) is 1.77. The van der Waals surface area contributed by atoms with Crippen LogP contribution in [0.15, 0.2) is 18.2 Å². The molecule has 1 rings (SSSR count). The van der Waals surface area contributed by atoms with Gasteiger partial charge < -0.3 is 16.4 Å². The summed E-state index contributed by atoms with van der Waals surface area (Å²) in [6.07, 6.45) is 1.42. The maximum absolute atomic E-state index is 11.8. The summed E-state index contributed by atoms with van der Waals surface area (Å²) < 4.78 is 0. The van der Waals surface area contributed by atoms with Crippen molar-refractivity contribution in [2.75, 3.05) is 12.4 Å². The van der Waals surface area contributed by atoms with E-state index in [0.717, 1.165) is 6.42 Å². The molecule has 0 bridgehead atoms. The molecule has 0 aromatic heterocycles. The third-order valence-electron chi connectivity index (χ3n) is 2.65. The number of nitrogens with one attached hydrogen (secondary N) is 2. The van der Waals surface area contributed by atoms with Crippen LogP contribution in [0.1, 0.15) is 30.1 Å². The summed E-state index contributed by atoms with van der Waals surface area (Å²) in [6, 6.07) is 4.10. The second kappa shape index (κ2) is 7.11. The highest BCUT2D eigenvalue weighted by atomic mass is 35.5. The number of carbonyl (C=O) groups excluding carboxylic acids is 2. The largest absolute Gasteiger partial charge is 0.355 e. The van der Waals surface area contributed by atoms with Crippen LogP contribution >= 0.6 is 11.6 Å². The van der Waals surface area contributed by atoms with Crippen LogP contribution in [0.5, 0.6) is 0 Å². The Balaban J connectivity index is 2.88. The summed E-state index contributed by atoms with van der Waals surface area (Å²) in [7, 11) is 1.53. The molecule has 4 N–H and O–H groups in total. The van der Waals surface area contributed by atoms with E-state index in [4.69, 9.17) is 17.3 Å². The lowest BCUT2D eigenvalue weighted by molar-refractivity contribution is -0.117. The van der Waals surface area contributed by atoms with Crippen LogP contribution in [0, 0.1) is 0 Å². The zero-order valence-corrected chi connectivity index (χ0v) is 11.8. The van der Waals surface area contributed by atoms with E-state index in [1.54, 1.807) is 12.1 Å². The lowest BCUT2D eigenvalue weighted by Gasteiger charge is -2.13. The first-order valence-corrected chi connectivity index (χ1v) is 6.45. The van der Waals surface area contributed by atoms with Gasteiger partial charge >= 0.3 is 0 Å². The van der Waals surface area contributed by atoms with Gasteiger partial charge in [0.25, 0.3) is 5.91 Å². The van der Waals surface area contributed by atoms with Crippen molar-refractivity contribution in [3.8, 4) is 0 Å². The summed E-state index contributed by atoms with van der Waals surface area (Å²) in [4.78, 5) is 23.3. The van der Waals surface area contributed by atoms with Gasteiger partial charge in [0.15, 0.2) is 0 Å². The standard InChI is InChI=1S/C13H18ClN3O2/c1-3-4-10(15)13(19)17-11-7-8(12(18)16-2)5-6-9(11)14/h5-7,10H,3-4,15H2,1-2H3,(H,16,18)(H,17,19)/t10-/m1/s1. The fourth-order valence-corrected chi connectivity index (χ4v) is 1.74. The van der Waals surface area contributed by atoms with Crippen LogP contribution in [0.25, 0.3) is 0 Å². The van der Waals surface area contributed by atoms with Gasteiger partial charge in [-0.2, -0.15) is 0 Å². The Bertz CT molecular complexity index is 477. The normalized spacial score (nSPS) is 11.8. The van der Waals surface area contributed by atoms with Crippen molar-refractivity contribution in [1.82, 2.24) is 5.32 Å². The maximum Gasteiger partial charge on any atom is 0.251 e. The van der Waals surface area contributed by atoms with E-state index in [-0.39, 0.29) is 11.8 Å². The molecule has 0 heterocycles. The molecular formula is C13H18ClN3O2. The molecule has 0 radical (unpaired) electrons. The number of hydrogen-bond donors (Lipinski definition) is 3. The number of nitrogens with two attached hydrogens (primary N) is 1. The van der Waals surface area contributed by atoms with Gasteiger partial charge in [-0.05, 0) is 24.6 Å². The summed E-state index contributed by atoms with van der Waals surface area (Å²) >= 11 is 5.98. The Labute approximate surface area is 117 Å². The van der Waals surface area contributed by atoms with Gasteiger partial charge in [0.1, 0.15) is 0 Å². The molecule has 0 unspecified atom stereocenters. The maximum atomic E-state index is 11.8. The molecule has 0 aliphatic rings. The van der Waals surface area contributed by atoms with E-state index in [9.17, 15) is 9.59 Å². The van der Waals surface area contributed by atoms with Crippen LogP contribution in [0.4, 0.5) is 5.69 Å². The first-order chi connectivity index (χ1) is 8.99. The summed E-state index contributed by atoms with van der Waals surface area (Å²) in [5.41, 5.74) is 6.53. The zero-order chi connectivity index (χ0) is 14.4. The van der Waals surface area contributed by atoms with E-state index in [0.29, 0.717) is 22.7 Å². The van der Waals surface area contributed by atoms with E-state index in [2.05, 4.69) is 10.6 Å². The predicted molar refractivity (Wildman–Crippen MR) is 76.4 cm³/mol. The molecule has 104 valence electrons. The minimum Gasteiger partial charge on any atom is -0.355 e. The number of benzene rings is 1. The molecule has 0 spiro atoms. The monoisotopic (exact) mass is 283 g/mol. The number of carbonyl (C=O) groups is 2. The molecule has 6 heteroatoms. The van der Waals surface area contributed by atoms with Crippen molar-refractivity contribution in [1.29, 1.82) is 0 Å². The van der Waals surface area contributed by atoms with Crippen LogP contribution in [0.3, 0.4) is 0 Å². The molecule has 19 heavy (non-hydrogen) atoms.